The summed E-state index contributed by atoms with van der Waals surface area (Å²) in [5, 5.41) is 8.08. The van der Waals surface area contributed by atoms with Crippen LogP contribution in [-0.4, -0.2) is 20.9 Å². The highest BCUT2D eigenvalue weighted by atomic mass is 16.2. The summed E-state index contributed by atoms with van der Waals surface area (Å²) in [5.41, 5.74) is 1.60. The first-order chi connectivity index (χ1) is 16.3. The van der Waals surface area contributed by atoms with Crippen LogP contribution >= 0.6 is 0 Å². The lowest BCUT2D eigenvalue weighted by Crippen LogP contribution is -2.12. The molecule has 4 nitrogen and oxygen atoms in total. The van der Waals surface area contributed by atoms with Gasteiger partial charge in [-0.1, -0.05) is 120 Å². The SMILES string of the molecule is CCCCCCC/C=C/CCCCCCCCCCCCCC(=O)n1nnc2ccccc21. The molecule has 0 amide bonds. The van der Waals surface area contributed by atoms with E-state index in [1.54, 1.807) is 0 Å². The van der Waals surface area contributed by atoms with E-state index in [4.69, 9.17) is 0 Å². The van der Waals surface area contributed by atoms with Crippen molar-refractivity contribution in [2.45, 2.75) is 129 Å². The maximum Gasteiger partial charge on any atom is 0.248 e. The average molecular weight is 454 g/mol. The van der Waals surface area contributed by atoms with Crippen molar-refractivity contribution in [2.75, 3.05) is 0 Å². The lowest BCUT2D eigenvalue weighted by molar-refractivity contribution is 0.0886. The molecule has 0 aliphatic heterocycles. The molecular weight excluding hydrogens is 406 g/mol. The van der Waals surface area contributed by atoms with Crippen LogP contribution in [0.15, 0.2) is 36.4 Å². The van der Waals surface area contributed by atoms with Crippen LogP contribution in [0.3, 0.4) is 0 Å². The van der Waals surface area contributed by atoms with Gasteiger partial charge in [-0.15, -0.1) is 5.10 Å². The predicted molar refractivity (Wildman–Crippen MR) is 141 cm³/mol. The molecule has 4 heteroatoms. The molecule has 1 aromatic heterocycles. The number of rotatable bonds is 20. The molecule has 0 N–H and O–H groups in total. The van der Waals surface area contributed by atoms with Crippen molar-refractivity contribution in [3.8, 4) is 0 Å². The molecule has 0 bridgehead atoms. The summed E-state index contributed by atoms with van der Waals surface area (Å²) in [6, 6.07) is 7.63. The van der Waals surface area contributed by atoms with Gasteiger partial charge in [-0.2, -0.15) is 4.68 Å². The Bertz CT molecular complexity index is 780. The monoisotopic (exact) mass is 453 g/mol. The van der Waals surface area contributed by atoms with Crippen LogP contribution in [0.2, 0.25) is 0 Å². The molecule has 33 heavy (non-hydrogen) atoms. The van der Waals surface area contributed by atoms with Crippen molar-refractivity contribution < 1.29 is 4.79 Å². The summed E-state index contributed by atoms with van der Waals surface area (Å²) in [4.78, 5) is 12.4. The van der Waals surface area contributed by atoms with Gasteiger partial charge in [0, 0.05) is 6.42 Å². The maximum absolute atomic E-state index is 12.4. The van der Waals surface area contributed by atoms with E-state index >= 15 is 0 Å². The molecule has 1 aromatic carbocycles. The lowest BCUT2D eigenvalue weighted by atomic mass is 10.0. The number of unbranched alkanes of at least 4 members (excludes halogenated alkanes) is 16. The minimum absolute atomic E-state index is 0.0570. The number of fused-ring (bicyclic) bond motifs is 1. The number of aromatic nitrogens is 3. The summed E-state index contributed by atoms with van der Waals surface area (Å²) in [6.07, 6.45) is 29.0. The third-order valence-electron chi connectivity index (χ3n) is 6.49. The largest absolute Gasteiger partial charge is 0.273 e. The molecule has 0 aliphatic carbocycles. The number of benzene rings is 1. The second-order valence-electron chi connectivity index (χ2n) is 9.49. The average Bonchev–Trinajstić information content (AvgIpc) is 3.27. The van der Waals surface area contributed by atoms with Crippen molar-refractivity contribution >= 4 is 16.9 Å². The molecule has 0 saturated heterocycles. The van der Waals surface area contributed by atoms with Crippen LogP contribution in [0.25, 0.3) is 11.0 Å². The maximum atomic E-state index is 12.4. The van der Waals surface area contributed by atoms with Crippen LogP contribution in [0, 0.1) is 0 Å². The zero-order valence-corrected chi connectivity index (χ0v) is 21.1. The number of para-hydroxylation sites is 1. The summed E-state index contributed by atoms with van der Waals surface area (Å²) in [6.45, 7) is 2.28. The third-order valence-corrected chi connectivity index (χ3v) is 6.49. The fourth-order valence-corrected chi connectivity index (χ4v) is 4.39. The Morgan fingerprint density at radius 1 is 0.727 bits per heavy atom. The number of nitrogens with zero attached hydrogens (tertiary/aromatic N) is 3. The van der Waals surface area contributed by atoms with Gasteiger partial charge in [0.25, 0.3) is 0 Å². The Kier molecular flexibility index (Phi) is 15.3. The molecule has 184 valence electrons. The van der Waals surface area contributed by atoms with Gasteiger partial charge in [0.1, 0.15) is 5.52 Å². The number of allylic oxidation sites excluding steroid dienone is 2. The zero-order valence-electron chi connectivity index (χ0n) is 21.1. The van der Waals surface area contributed by atoms with E-state index in [9.17, 15) is 4.79 Å². The molecule has 0 saturated carbocycles. The molecule has 1 heterocycles. The number of hydrogen-bond donors (Lipinski definition) is 0. The van der Waals surface area contributed by atoms with Crippen LogP contribution in [-0.2, 0) is 0 Å². The molecule has 0 aliphatic rings. The fraction of sp³-hybridized carbons (Fsp3) is 0.690. The van der Waals surface area contributed by atoms with Gasteiger partial charge >= 0.3 is 0 Å². The van der Waals surface area contributed by atoms with E-state index in [0.717, 1.165) is 23.9 Å². The summed E-state index contributed by atoms with van der Waals surface area (Å²) < 4.78 is 1.46. The normalized spacial score (nSPS) is 11.7. The lowest BCUT2D eigenvalue weighted by Gasteiger charge is -2.03. The number of carbonyl (C=O) groups is 1. The topological polar surface area (TPSA) is 47.8 Å². The van der Waals surface area contributed by atoms with Crippen molar-refractivity contribution in [2.24, 2.45) is 0 Å². The second-order valence-corrected chi connectivity index (χ2v) is 9.49. The van der Waals surface area contributed by atoms with Crippen LogP contribution in [0.5, 0.6) is 0 Å². The minimum atomic E-state index is 0.0570. The highest BCUT2D eigenvalue weighted by Gasteiger charge is 2.10. The van der Waals surface area contributed by atoms with Gasteiger partial charge < -0.3 is 0 Å². The first-order valence-corrected chi connectivity index (χ1v) is 13.8. The highest BCUT2D eigenvalue weighted by Crippen LogP contribution is 2.15. The van der Waals surface area contributed by atoms with Gasteiger partial charge in [-0.25, -0.2) is 0 Å². The van der Waals surface area contributed by atoms with E-state index in [2.05, 4.69) is 29.4 Å². The van der Waals surface area contributed by atoms with Gasteiger partial charge in [0.2, 0.25) is 5.91 Å². The predicted octanol–water partition coefficient (Wildman–Crippen LogP) is 9.06. The van der Waals surface area contributed by atoms with Crippen LogP contribution in [0.4, 0.5) is 0 Å². The zero-order chi connectivity index (χ0) is 23.4. The fourth-order valence-electron chi connectivity index (χ4n) is 4.39. The van der Waals surface area contributed by atoms with E-state index in [-0.39, 0.29) is 5.91 Å². The van der Waals surface area contributed by atoms with E-state index < -0.39 is 0 Å². The quantitative estimate of drug-likeness (QED) is 0.148. The molecule has 0 spiro atoms. The Morgan fingerprint density at radius 3 is 1.85 bits per heavy atom. The van der Waals surface area contributed by atoms with Gasteiger partial charge in [0.05, 0.1) is 5.52 Å². The first kappa shape index (κ1) is 27.3. The van der Waals surface area contributed by atoms with Crippen molar-refractivity contribution in [3.63, 3.8) is 0 Å². The second kappa shape index (κ2) is 18.5. The Labute approximate surface area is 202 Å². The van der Waals surface area contributed by atoms with E-state index in [1.807, 2.05) is 24.3 Å². The Hall–Kier alpha value is -1.97. The van der Waals surface area contributed by atoms with Gasteiger partial charge in [-0.05, 0) is 44.2 Å². The Balaban J connectivity index is 1.32. The highest BCUT2D eigenvalue weighted by molar-refractivity contribution is 5.88. The molecular formula is C29H47N3O. The number of carbonyl (C=O) groups excluding carboxylic acids is 1. The van der Waals surface area contributed by atoms with E-state index in [1.165, 1.54) is 107 Å². The molecule has 2 aromatic rings. The third kappa shape index (κ3) is 12.2. The molecule has 0 unspecified atom stereocenters. The molecule has 0 radical (unpaired) electrons. The molecule has 0 fully saturated rings. The van der Waals surface area contributed by atoms with Crippen LogP contribution < -0.4 is 0 Å². The summed E-state index contributed by atoms with van der Waals surface area (Å²) >= 11 is 0. The van der Waals surface area contributed by atoms with Crippen LogP contribution in [0.1, 0.15) is 134 Å². The standard InChI is InChI=1S/C29H47N3O/c1-2-3-4-5-6-7-8-9-10-11-12-13-14-15-16-17-18-19-20-21-26-29(33)32-28-25-23-22-24-27(28)30-31-32/h8-9,22-25H,2-7,10-21,26H2,1H3/b9-8+. The van der Waals surface area contributed by atoms with E-state index in [0.29, 0.717) is 6.42 Å². The number of hydrogen-bond acceptors (Lipinski definition) is 3. The van der Waals surface area contributed by atoms with Gasteiger partial charge in [0.15, 0.2) is 0 Å². The molecule has 0 atom stereocenters. The first-order valence-electron chi connectivity index (χ1n) is 13.8. The van der Waals surface area contributed by atoms with Crippen molar-refractivity contribution in [1.29, 1.82) is 0 Å². The molecule has 2 rings (SSSR count). The minimum Gasteiger partial charge on any atom is -0.273 e. The Morgan fingerprint density at radius 2 is 1.24 bits per heavy atom. The van der Waals surface area contributed by atoms with Crippen molar-refractivity contribution in [1.82, 2.24) is 15.0 Å². The smallest absolute Gasteiger partial charge is 0.248 e. The summed E-state index contributed by atoms with van der Waals surface area (Å²) in [5.74, 6) is 0.0570. The summed E-state index contributed by atoms with van der Waals surface area (Å²) in [7, 11) is 0. The van der Waals surface area contributed by atoms with Crippen molar-refractivity contribution in [3.05, 3.63) is 36.4 Å². The van der Waals surface area contributed by atoms with Gasteiger partial charge in [-0.3, -0.25) is 4.79 Å².